The number of guanidine groups is 1. The van der Waals surface area contributed by atoms with Crippen LogP contribution in [0.3, 0.4) is 0 Å². The summed E-state index contributed by atoms with van der Waals surface area (Å²) in [4.78, 5) is 4.30. The number of nitrogens with two attached hydrogens (primary N) is 1. The van der Waals surface area contributed by atoms with Crippen LogP contribution in [0.25, 0.3) is 0 Å². The summed E-state index contributed by atoms with van der Waals surface area (Å²) >= 11 is 0. The predicted molar refractivity (Wildman–Crippen MR) is 85.8 cm³/mol. The van der Waals surface area contributed by atoms with Crippen LogP contribution < -0.4 is 11.1 Å². The third-order valence-corrected chi connectivity index (χ3v) is 4.83. The van der Waals surface area contributed by atoms with E-state index >= 15 is 0 Å². The zero-order valence-electron chi connectivity index (χ0n) is 12.4. The summed E-state index contributed by atoms with van der Waals surface area (Å²) in [6.07, 6.45) is 2.07. The first-order valence-corrected chi connectivity index (χ1v) is 8.78. The summed E-state index contributed by atoms with van der Waals surface area (Å²) in [7, 11) is -3.09. The highest BCUT2D eigenvalue weighted by molar-refractivity contribution is 7.88. The molecule has 0 aromatic heterocycles. The van der Waals surface area contributed by atoms with E-state index in [1.165, 1.54) is 16.1 Å². The first-order valence-electron chi connectivity index (χ1n) is 6.93. The zero-order valence-corrected chi connectivity index (χ0v) is 13.2. The largest absolute Gasteiger partial charge is 0.370 e. The third kappa shape index (κ3) is 4.71. The van der Waals surface area contributed by atoms with E-state index in [4.69, 9.17) is 5.73 Å². The Morgan fingerprint density at radius 1 is 1.43 bits per heavy atom. The van der Waals surface area contributed by atoms with Gasteiger partial charge in [0.05, 0.1) is 6.26 Å². The molecular weight excluding hydrogens is 288 g/mol. The second kappa shape index (κ2) is 6.44. The summed E-state index contributed by atoms with van der Waals surface area (Å²) in [6.45, 7) is 3.66. The summed E-state index contributed by atoms with van der Waals surface area (Å²) in [6, 6.07) is 7.88. The first kappa shape index (κ1) is 15.8. The van der Waals surface area contributed by atoms with Crippen LogP contribution in [0.4, 0.5) is 5.69 Å². The number of nitrogens with zero attached hydrogens (tertiary/aromatic N) is 2. The molecule has 1 heterocycles. The van der Waals surface area contributed by atoms with Gasteiger partial charge in [-0.15, -0.1) is 0 Å². The van der Waals surface area contributed by atoms with E-state index in [0.29, 0.717) is 25.6 Å². The minimum absolute atomic E-state index is 0.234. The molecule has 116 valence electrons. The quantitative estimate of drug-likeness (QED) is 0.641. The fraction of sp³-hybridized carbons (Fsp3) is 0.500. The van der Waals surface area contributed by atoms with Gasteiger partial charge in [-0.25, -0.2) is 12.7 Å². The highest BCUT2D eigenvalue weighted by Crippen LogP contribution is 2.19. The van der Waals surface area contributed by atoms with Crippen LogP contribution in [0.15, 0.2) is 29.3 Å². The standard InChI is InChI=1S/C14H22N4O2S/c1-11-3-5-13(6-4-11)17-14(15)16-9-12-7-8-18(10-12)21(2,19)20/h3-6,12H,7-10H2,1-2H3,(H3,15,16,17). The molecule has 1 saturated heterocycles. The number of anilines is 1. The molecule has 1 aromatic carbocycles. The van der Waals surface area contributed by atoms with Crippen molar-refractivity contribution in [3.63, 3.8) is 0 Å². The highest BCUT2D eigenvalue weighted by Gasteiger charge is 2.28. The summed E-state index contributed by atoms with van der Waals surface area (Å²) in [5.74, 6) is 0.592. The minimum atomic E-state index is -3.09. The lowest BCUT2D eigenvalue weighted by atomic mass is 10.1. The van der Waals surface area contributed by atoms with Gasteiger partial charge in [-0.05, 0) is 31.4 Å². The van der Waals surface area contributed by atoms with Crippen LogP contribution >= 0.6 is 0 Å². The Bertz CT molecular complexity index is 610. The fourth-order valence-corrected chi connectivity index (χ4v) is 3.22. The molecule has 1 atom stereocenters. The lowest BCUT2D eigenvalue weighted by Gasteiger charge is -2.12. The summed E-state index contributed by atoms with van der Waals surface area (Å²) in [5, 5.41) is 3.03. The molecule has 1 aromatic rings. The van der Waals surface area contributed by atoms with Gasteiger partial charge < -0.3 is 11.1 Å². The van der Waals surface area contributed by atoms with E-state index in [1.807, 2.05) is 31.2 Å². The van der Waals surface area contributed by atoms with Crippen molar-refractivity contribution in [3.05, 3.63) is 29.8 Å². The van der Waals surface area contributed by atoms with Crippen LogP contribution in [0.1, 0.15) is 12.0 Å². The number of aryl methyl sites for hydroxylation is 1. The molecule has 0 aliphatic carbocycles. The lowest BCUT2D eigenvalue weighted by Crippen LogP contribution is -2.28. The summed E-state index contributed by atoms with van der Waals surface area (Å²) < 4.78 is 24.4. The Hall–Kier alpha value is -1.60. The number of hydrogen-bond acceptors (Lipinski definition) is 3. The van der Waals surface area contributed by atoms with Gasteiger partial charge in [0.1, 0.15) is 0 Å². The van der Waals surface area contributed by atoms with Crippen molar-refractivity contribution >= 4 is 21.7 Å². The number of sulfonamides is 1. The number of benzene rings is 1. The van der Waals surface area contributed by atoms with E-state index in [-0.39, 0.29) is 5.92 Å². The van der Waals surface area contributed by atoms with E-state index in [9.17, 15) is 8.42 Å². The molecule has 7 heteroatoms. The van der Waals surface area contributed by atoms with Gasteiger partial charge >= 0.3 is 0 Å². The Balaban J connectivity index is 1.85. The Kier molecular flexibility index (Phi) is 4.84. The average Bonchev–Trinajstić information content (AvgIpc) is 2.88. The van der Waals surface area contributed by atoms with Gasteiger partial charge in [0, 0.05) is 25.3 Å². The predicted octanol–water partition coefficient (Wildman–Crippen LogP) is 1.00. The monoisotopic (exact) mass is 310 g/mol. The van der Waals surface area contributed by atoms with Gasteiger partial charge in [-0.2, -0.15) is 0 Å². The smallest absolute Gasteiger partial charge is 0.211 e. The van der Waals surface area contributed by atoms with E-state index in [1.54, 1.807) is 0 Å². The van der Waals surface area contributed by atoms with E-state index in [0.717, 1.165) is 12.1 Å². The molecule has 0 amide bonds. The SMILES string of the molecule is Cc1ccc(NC(N)=NCC2CCN(S(C)(=O)=O)C2)cc1. The molecule has 1 fully saturated rings. The van der Waals surface area contributed by atoms with Crippen LogP contribution in [-0.2, 0) is 10.0 Å². The second-order valence-electron chi connectivity index (χ2n) is 5.49. The molecule has 2 rings (SSSR count). The lowest BCUT2D eigenvalue weighted by molar-refractivity contribution is 0.464. The topological polar surface area (TPSA) is 87.8 Å². The van der Waals surface area contributed by atoms with Crippen LogP contribution in [0.5, 0.6) is 0 Å². The van der Waals surface area contributed by atoms with Crippen molar-refractivity contribution in [2.24, 2.45) is 16.6 Å². The molecule has 0 radical (unpaired) electrons. The van der Waals surface area contributed by atoms with Gasteiger partial charge in [0.15, 0.2) is 5.96 Å². The van der Waals surface area contributed by atoms with Crippen molar-refractivity contribution in [1.82, 2.24) is 4.31 Å². The molecule has 1 aliphatic rings. The Morgan fingerprint density at radius 3 is 2.67 bits per heavy atom. The molecule has 0 spiro atoms. The van der Waals surface area contributed by atoms with Gasteiger partial charge in [-0.1, -0.05) is 17.7 Å². The van der Waals surface area contributed by atoms with Crippen molar-refractivity contribution in [3.8, 4) is 0 Å². The number of aliphatic imine (C=N–C) groups is 1. The molecule has 3 N–H and O–H groups in total. The van der Waals surface area contributed by atoms with Crippen LogP contribution in [0.2, 0.25) is 0 Å². The van der Waals surface area contributed by atoms with Crippen molar-refractivity contribution in [2.75, 3.05) is 31.2 Å². The molecule has 1 aliphatic heterocycles. The molecule has 21 heavy (non-hydrogen) atoms. The molecule has 0 bridgehead atoms. The Labute approximate surface area is 126 Å². The summed E-state index contributed by atoms with van der Waals surface area (Å²) in [5.41, 5.74) is 7.93. The number of hydrogen-bond donors (Lipinski definition) is 2. The first-order chi connectivity index (χ1) is 9.84. The maximum Gasteiger partial charge on any atom is 0.211 e. The van der Waals surface area contributed by atoms with Gasteiger partial charge in [0.2, 0.25) is 10.0 Å². The molecular formula is C14H22N4O2S. The van der Waals surface area contributed by atoms with Gasteiger partial charge in [0.25, 0.3) is 0 Å². The molecule has 0 saturated carbocycles. The number of rotatable bonds is 4. The molecule has 6 nitrogen and oxygen atoms in total. The zero-order chi connectivity index (χ0) is 15.5. The number of nitrogens with one attached hydrogen (secondary N) is 1. The van der Waals surface area contributed by atoms with E-state index in [2.05, 4.69) is 10.3 Å². The van der Waals surface area contributed by atoms with Crippen molar-refractivity contribution < 1.29 is 8.42 Å². The van der Waals surface area contributed by atoms with Crippen molar-refractivity contribution in [2.45, 2.75) is 13.3 Å². The fourth-order valence-electron chi connectivity index (χ4n) is 2.30. The maximum absolute atomic E-state index is 11.4. The second-order valence-corrected chi connectivity index (χ2v) is 7.48. The van der Waals surface area contributed by atoms with Gasteiger partial charge in [-0.3, -0.25) is 4.99 Å². The third-order valence-electron chi connectivity index (χ3n) is 3.56. The highest BCUT2D eigenvalue weighted by atomic mass is 32.2. The molecule has 1 unspecified atom stereocenters. The van der Waals surface area contributed by atoms with Crippen LogP contribution in [-0.4, -0.2) is 44.6 Å². The van der Waals surface area contributed by atoms with E-state index < -0.39 is 10.0 Å². The normalized spacial score (nSPS) is 20.7. The average molecular weight is 310 g/mol. The van der Waals surface area contributed by atoms with Crippen molar-refractivity contribution in [1.29, 1.82) is 0 Å². The van der Waals surface area contributed by atoms with Crippen LogP contribution in [0, 0.1) is 12.8 Å². The Morgan fingerprint density at radius 2 is 2.10 bits per heavy atom. The minimum Gasteiger partial charge on any atom is -0.370 e. The maximum atomic E-state index is 11.4.